The highest BCUT2D eigenvalue weighted by Gasteiger charge is 2.33. The van der Waals surface area contributed by atoms with Crippen molar-refractivity contribution in [2.24, 2.45) is 5.92 Å². The average molecular weight is 349 g/mol. The summed E-state index contributed by atoms with van der Waals surface area (Å²) in [6, 6.07) is 7.13. The van der Waals surface area contributed by atoms with E-state index in [2.05, 4.69) is 4.90 Å². The van der Waals surface area contributed by atoms with Crippen molar-refractivity contribution in [1.29, 1.82) is 0 Å². The van der Waals surface area contributed by atoms with Crippen LogP contribution in [0.3, 0.4) is 0 Å². The van der Waals surface area contributed by atoms with Crippen LogP contribution in [-0.2, 0) is 4.79 Å². The first-order chi connectivity index (χ1) is 11.5. The number of piperidine rings is 1. The first-order valence-corrected chi connectivity index (χ1v) is 8.88. The molecule has 1 amide bonds. The summed E-state index contributed by atoms with van der Waals surface area (Å²) in [6.45, 7) is 5.49. The van der Waals surface area contributed by atoms with Crippen molar-refractivity contribution in [2.45, 2.75) is 25.9 Å². The summed E-state index contributed by atoms with van der Waals surface area (Å²) in [5.41, 5.74) is 0.728. The summed E-state index contributed by atoms with van der Waals surface area (Å²) in [7, 11) is 0. The molecule has 1 aromatic rings. The molecule has 0 aliphatic carbocycles. The van der Waals surface area contributed by atoms with Gasteiger partial charge in [0.2, 0.25) is 5.91 Å². The minimum absolute atomic E-state index is 0.0134. The zero-order valence-corrected chi connectivity index (χ0v) is 14.7. The molecule has 2 aliphatic rings. The van der Waals surface area contributed by atoms with Gasteiger partial charge in [0.1, 0.15) is 0 Å². The molecule has 0 spiro atoms. The van der Waals surface area contributed by atoms with Crippen molar-refractivity contribution >= 4 is 23.3 Å². The highest BCUT2D eigenvalue weighted by Crippen LogP contribution is 2.25. The van der Waals surface area contributed by atoms with E-state index in [0.717, 1.165) is 51.1 Å². The molecule has 1 radical (unpaired) electrons. The third kappa shape index (κ3) is 3.97. The summed E-state index contributed by atoms with van der Waals surface area (Å²) >= 11 is 5.90. The summed E-state index contributed by atoms with van der Waals surface area (Å²) in [5.74, 6) is 0.333. The van der Waals surface area contributed by atoms with Crippen molar-refractivity contribution in [3.63, 3.8) is 0 Å². The Morgan fingerprint density at radius 1 is 1.12 bits per heavy atom. The molecule has 3 rings (SSSR count). The van der Waals surface area contributed by atoms with E-state index in [1.165, 1.54) is 0 Å². The van der Waals surface area contributed by atoms with Gasteiger partial charge in [-0.05, 0) is 37.1 Å². The van der Waals surface area contributed by atoms with Gasteiger partial charge >= 0.3 is 0 Å². The lowest BCUT2D eigenvalue weighted by atomic mass is 9.87. The second-order valence-corrected chi connectivity index (χ2v) is 6.96. The maximum atomic E-state index is 12.7. The molecule has 5 nitrogen and oxygen atoms in total. The lowest BCUT2D eigenvalue weighted by Crippen LogP contribution is -2.56. The van der Waals surface area contributed by atoms with Gasteiger partial charge in [-0.1, -0.05) is 11.6 Å². The van der Waals surface area contributed by atoms with Gasteiger partial charge in [-0.25, -0.2) is 5.32 Å². The third-order valence-corrected chi connectivity index (χ3v) is 5.25. The fourth-order valence-corrected chi connectivity index (χ4v) is 3.64. The number of carbonyl (C=O) groups excluding carboxylic acids is 2. The first-order valence-electron chi connectivity index (χ1n) is 8.50. The van der Waals surface area contributed by atoms with Crippen molar-refractivity contribution in [3.8, 4) is 0 Å². The minimum Gasteiger partial charge on any atom is -0.340 e. The highest BCUT2D eigenvalue weighted by molar-refractivity contribution is 6.30. The molecule has 0 N–H and O–H groups in total. The summed E-state index contributed by atoms with van der Waals surface area (Å²) in [6.07, 6.45) is 1.67. The molecule has 2 aliphatic heterocycles. The van der Waals surface area contributed by atoms with E-state index in [0.29, 0.717) is 5.02 Å². The Hall–Kier alpha value is -1.43. The van der Waals surface area contributed by atoms with E-state index in [4.69, 9.17) is 16.9 Å². The molecule has 1 aromatic carbocycles. The van der Waals surface area contributed by atoms with Gasteiger partial charge in [0.15, 0.2) is 5.78 Å². The Labute approximate surface area is 147 Å². The third-order valence-electron chi connectivity index (χ3n) is 4.99. The zero-order valence-electron chi connectivity index (χ0n) is 13.9. The van der Waals surface area contributed by atoms with E-state index in [-0.39, 0.29) is 23.8 Å². The number of piperazine rings is 1. The number of nitrogens with zero attached hydrogens (tertiary/aromatic N) is 3. The summed E-state index contributed by atoms with van der Waals surface area (Å²) in [5, 5.41) is 5.36. The number of carbonyl (C=O) groups is 2. The smallest absolute Gasteiger partial charge is 0.219 e. The second-order valence-electron chi connectivity index (χ2n) is 6.52. The molecule has 24 heavy (non-hydrogen) atoms. The quantitative estimate of drug-likeness (QED) is 0.785. The number of halogens is 1. The SMILES string of the molecule is CC(=O)N1CCN(C2CC(C(=O)c3ccc(Cl)cc3)CC[N]2)CC1. The van der Waals surface area contributed by atoms with Crippen molar-refractivity contribution < 1.29 is 9.59 Å². The van der Waals surface area contributed by atoms with Gasteiger partial charge < -0.3 is 4.90 Å². The second kappa shape index (κ2) is 7.64. The molecule has 2 atom stereocenters. The molecule has 129 valence electrons. The van der Waals surface area contributed by atoms with Gasteiger partial charge in [-0.15, -0.1) is 0 Å². The first kappa shape index (κ1) is 17.4. The van der Waals surface area contributed by atoms with Crippen LogP contribution in [0.15, 0.2) is 24.3 Å². The molecular weight excluding hydrogens is 326 g/mol. The maximum absolute atomic E-state index is 12.7. The van der Waals surface area contributed by atoms with E-state index in [9.17, 15) is 9.59 Å². The Bertz CT molecular complexity index is 597. The van der Waals surface area contributed by atoms with Crippen LogP contribution in [0.5, 0.6) is 0 Å². The zero-order chi connectivity index (χ0) is 17.1. The lowest BCUT2D eigenvalue weighted by Gasteiger charge is -2.41. The Morgan fingerprint density at radius 2 is 1.79 bits per heavy atom. The van der Waals surface area contributed by atoms with Crippen molar-refractivity contribution in [2.75, 3.05) is 32.7 Å². The fraction of sp³-hybridized carbons (Fsp3) is 0.556. The van der Waals surface area contributed by atoms with Gasteiger partial charge in [-0.2, -0.15) is 0 Å². The van der Waals surface area contributed by atoms with Gasteiger partial charge in [0.05, 0.1) is 6.17 Å². The number of ketones is 1. The van der Waals surface area contributed by atoms with Crippen molar-refractivity contribution in [1.82, 2.24) is 15.1 Å². The molecular formula is C18H23ClN3O2. The number of hydrogen-bond acceptors (Lipinski definition) is 3. The Morgan fingerprint density at radius 3 is 2.42 bits per heavy atom. The van der Waals surface area contributed by atoms with Gasteiger partial charge in [0, 0.05) is 56.2 Å². The molecule has 2 heterocycles. The average Bonchev–Trinajstić information content (AvgIpc) is 2.62. The number of hydrogen-bond donors (Lipinski definition) is 0. The predicted octanol–water partition coefficient (Wildman–Crippen LogP) is 2.03. The fourth-order valence-electron chi connectivity index (χ4n) is 3.51. The molecule has 0 aromatic heterocycles. The van der Waals surface area contributed by atoms with Crippen LogP contribution in [0.2, 0.25) is 5.02 Å². The molecule has 2 unspecified atom stereocenters. The Balaban J connectivity index is 1.59. The largest absolute Gasteiger partial charge is 0.340 e. The van der Waals surface area contributed by atoms with Crippen LogP contribution in [0.4, 0.5) is 0 Å². The molecule has 2 saturated heterocycles. The van der Waals surface area contributed by atoms with Gasteiger partial charge in [0.25, 0.3) is 0 Å². The maximum Gasteiger partial charge on any atom is 0.219 e. The topological polar surface area (TPSA) is 54.7 Å². The summed E-state index contributed by atoms with van der Waals surface area (Å²) in [4.78, 5) is 28.3. The minimum atomic E-state index is 0.0134. The lowest BCUT2D eigenvalue weighted by molar-refractivity contribution is -0.131. The number of amides is 1. The van der Waals surface area contributed by atoms with Crippen LogP contribution in [0.1, 0.15) is 30.1 Å². The van der Waals surface area contributed by atoms with E-state index >= 15 is 0 Å². The monoisotopic (exact) mass is 348 g/mol. The number of Topliss-reactive ketones (excluding diaryl/α,β-unsaturated/α-hetero) is 1. The highest BCUT2D eigenvalue weighted by atomic mass is 35.5. The van der Waals surface area contributed by atoms with E-state index < -0.39 is 0 Å². The summed E-state index contributed by atoms with van der Waals surface area (Å²) < 4.78 is 0. The van der Waals surface area contributed by atoms with Gasteiger partial charge in [-0.3, -0.25) is 14.5 Å². The van der Waals surface area contributed by atoms with Crippen LogP contribution in [0, 0.1) is 5.92 Å². The number of benzene rings is 1. The van der Waals surface area contributed by atoms with Crippen molar-refractivity contribution in [3.05, 3.63) is 34.9 Å². The van der Waals surface area contributed by atoms with Crippen LogP contribution < -0.4 is 5.32 Å². The van der Waals surface area contributed by atoms with E-state index in [1.807, 2.05) is 4.90 Å². The molecule has 6 heteroatoms. The molecule has 2 fully saturated rings. The standard InChI is InChI=1S/C18H23ClN3O2/c1-13(23)21-8-10-22(11-9-21)17-12-15(6-7-20-17)18(24)14-2-4-16(19)5-3-14/h2-5,15,17H,6-12H2,1H3. The Kier molecular flexibility index (Phi) is 5.54. The molecule has 0 saturated carbocycles. The van der Waals surface area contributed by atoms with Crippen LogP contribution in [-0.4, -0.2) is 60.4 Å². The van der Waals surface area contributed by atoms with Crippen LogP contribution >= 0.6 is 11.6 Å². The number of rotatable bonds is 3. The molecule has 0 bridgehead atoms. The van der Waals surface area contributed by atoms with E-state index in [1.54, 1.807) is 31.2 Å². The predicted molar refractivity (Wildman–Crippen MR) is 93.1 cm³/mol. The van der Waals surface area contributed by atoms with Crippen LogP contribution in [0.25, 0.3) is 0 Å². The normalized spacial score (nSPS) is 25.5.